The average Bonchev–Trinajstić information content (AvgIpc) is 0.790. The summed E-state index contributed by atoms with van der Waals surface area (Å²) >= 11 is 0. The first-order valence-corrected chi connectivity index (χ1v) is 45.0. The maximum Gasteiger partial charge on any atom is 0.339 e. The number of carbonyl (C=O) groups is 10. The van der Waals surface area contributed by atoms with E-state index in [0.717, 1.165) is 62.7 Å². The van der Waals surface area contributed by atoms with Gasteiger partial charge in [-0.3, -0.25) is 78.4 Å². The van der Waals surface area contributed by atoms with Crippen LogP contribution in [0.2, 0.25) is 0 Å². The zero-order chi connectivity index (χ0) is 108. The molecular formula is C103H135N9O34. The molecule has 43 nitrogen and oxygen atoms in total. The van der Waals surface area contributed by atoms with Crippen molar-refractivity contribution >= 4 is 72.8 Å². The molecule has 796 valence electrons. The Morgan fingerprint density at radius 3 is 1.01 bits per heavy atom. The van der Waals surface area contributed by atoms with Crippen molar-refractivity contribution < 1.29 is 167 Å². The lowest BCUT2D eigenvalue weighted by Crippen LogP contribution is -2.36. The second-order valence-electron chi connectivity index (χ2n) is 32.7. The van der Waals surface area contributed by atoms with Crippen molar-refractivity contribution in [1.29, 1.82) is 0 Å². The van der Waals surface area contributed by atoms with E-state index in [2.05, 4.69) is 44.9 Å². The fourth-order valence-corrected chi connectivity index (χ4v) is 13.0. The van der Waals surface area contributed by atoms with Crippen LogP contribution in [0.5, 0.6) is 51.7 Å². The Morgan fingerprint density at radius 1 is 0.336 bits per heavy atom. The Labute approximate surface area is 846 Å². The highest BCUT2D eigenvalue weighted by Gasteiger charge is 2.34. The lowest BCUT2D eigenvalue weighted by Gasteiger charge is -2.33. The first-order chi connectivity index (χ1) is 68.0. The summed E-state index contributed by atoms with van der Waals surface area (Å²) in [7, 11) is 0. The van der Waals surface area contributed by atoms with Gasteiger partial charge in [0.15, 0.2) is 30.4 Å². The molecule has 12 rings (SSSR count). The third kappa shape index (κ3) is 38.9. The number of hydrogen-bond donors (Lipinski definition) is 14. The number of aryl methyl sites for hydroxylation is 13. The van der Waals surface area contributed by atoms with Crippen LogP contribution in [0.1, 0.15) is 280 Å². The molecule has 14 N–H and O–H groups in total. The molecule has 0 amide bonds. The predicted octanol–water partition coefficient (Wildman–Crippen LogP) is 12.7. The summed E-state index contributed by atoms with van der Waals surface area (Å²) in [6, 6.07) is 0. The molecule has 0 saturated heterocycles. The van der Waals surface area contributed by atoms with Gasteiger partial charge < -0.3 is 119 Å². The normalized spacial score (nSPS) is 12.5. The first kappa shape index (κ1) is 127. The number of nitrogens with zero attached hydrogens (tertiary/aromatic N) is 9. The molecule has 3 aliphatic heterocycles. The van der Waals surface area contributed by atoms with E-state index in [1.807, 2.05) is 62.3 Å². The van der Waals surface area contributed by atoms with Gasteiger partial charge in [0, 0.05) is 196 Å². The summed E-state index contributed by atoms with van der Waals surface area (Å²) in [5.74, 6) is -5.33. The topological polar surface area (TPSA) is 662 Å². The molecule has 146 heavy (non-hydrogen) atoms. The molecule has 9 aromatic heterocycles. The van der Waals surface area contributed by atoms with Gasteiger partial charge in [0.05, 0.1) is 142 Å². The fourth-order valence-electron chi connectivity index (χ4n) is 13.0. The molecule has 12 heterocycles. The van der Waals surface area contributed by atoms with Crippen molar-refractivity contribution in [3.05, 3.63) is 219 Å². The van der Waals surface area contributed by atoms with E-state index in [4.69, 9.17) is 83.1 Å². The highest BCUT2D eigenvalue weighted by molar-refractivity contribution is 5.93. The molecule has 43 heteroatoms. The van der Waals surface area contributed by atoms with Crippen molar-refractivity contribution in [2.75, 3.05) is 26.4 Å². The second-order valence-corrected chi connectivity index (χ2v) is 32.7. The number of carboxylic acids is 3. The van der Waals surface area contributed by atoms with Crippen LogP contribution in [0, 0.1) is 62.3 Å². The Balaban J connectivity index is 0.000000555. The standard InChI is InChI=1S/C15H19NO4.C12H17NO4.2C12H15NO4.C11H15NO3.C11H13NO3.C10H11NO5.C10H11NO4.C8H11NO3.2CH4/c1-5-18-13(17)7-6-11-8-16-10(2)14-12(11)9-19-15(3,4)20-14;3*1-3-17-11(15)5-4-9-6-13-8(2)12(16)10(9)7-14;2*1-7-10-9(8(5-13)4-12-7)6-14-11(2,3)15-10;1-5-9(14)8(10(15)16)6(4-11-5)2-3-7(12)13;1-6-10(15)8(5-12)7(4-11-6)2-3-9(13)14;1-5-8(12)7(4-11)6(3-10)2-9-5;;/h6-8H,5,9H2,1-4H3;6,14,16H,3-5,7H2,1-2H3;6-7,16H,3-5H2,1-2H3;4-6,14,16H,3,7H2,1-2H3;4,13H,5-6H2,1-3H3;4-5H,6H2,1-3H3;4,14H,2-3H2,1H3,(H,12,13)(H,15,16);4-5,15H,2-3H2,1H3,(H,13,14);2,10-12H,3-4H2,1H3;2*1H4/b7-6+;;;5-4+;;;;;;;. The highest BCUT2D eigenvalue weighted by atomic mass is 16.7. The van der Waals surface area contributed by atoms with Crippen molar-refractivity contribution in [1.82, 2.24) is 44.9 Å². The predicted molar refractivity (Wildman–Crippen MR) is 529 cm³/mol. The summed E-state index contributed by atoms with van der Waals surface area (Å²) in [6.07, 6.45) is 22.2. The average molecular weight is 2040 g/mol. The van der Waals surface area contributed by atoms with E-state index in [0.29, 0.717) is 156 Å². The van der Waals surface area contributed by atoms with Gasteiger partial charge in [0.1, 0.15) is 45.8 Å². The van der Waals surface area contributed by atoms with E-state index in [1.54, 1.807) is 93.2 Å². The molecule has 0 saturated carbocycles. The van der Waals surface area contributed by atoms with Gasteiger partial charge >= 0.3 is 41.8 Å². The van der Waals surface area contributed by atoms with Crippen LogP contribution in [-0.2, 0) is 140 Å². The van der Waals surface area contributed by atoms with Gasteiger partial charge in [0.25, 0.3) is 0 Å². The molecule has 0 spiro atoms. The number of hydrogen-bond acceptors (Lipinski definition) is 40. The van der Waals surface area contributed by atoms with Gasteiger partial charge in [-0.1, -0.05) is 14.9 Å². The van der Waals surface area contributed by atoms with Crippen LogP contribution < -0.4 is 14.2 Å². The minimum atomic E-state index is -1.29. The number of aldehydes is 3. The van der Waals surface area contributed by atoms with Crippen molar-refractivity contribution in [2.24, 2.45) is 0 Å². The maximum atomic E-state index is 11.4. The second kappa shape index (κ2) is 61.9. The highest BCUT2D eigenvalue weighted by Crippen LogP contribution is 2.39. The number of aliphatic hydroxyl groups excluding tert-OH is 5. The van der Waals surface area contributed by atoms with Gasteiger partial charge in [-0.05, 0) is 150 Å². The lowest BCUT2D eigenvalue weighted by atomic mass is 10.0. The van der Waals surface area contributed by atoms with Crippen molar-refractivity contribution in [2.45, 2.75) is 268 Å². The number of esters is 4. The summed E-state index contributed by atoms with van der Waals surface area (Å²) in [5, 5.41) is 128. The number of ether oxygens (including phenoxy) is 10. The number of pyridine rings is 9. The molecule has 0 radical (unpaired) electrons. The third-order valence-electron chi connectivity index (χ3n) is 20.9. The zero-order valence-corrected chi connectivity index (χ0v) is 83.8. The number of carboxylic acid groups (broad SMARTS) is 3. The van der Waals surface area contributed by atoms with E-state index in [9.17, 15) is 83.7 Å². The Kier molecular flexibility index (Phi) is 53.8. The summed E-state index contributed by atoms with van der Waals surface area (Å²) in [6.45, 7) is 34.7. The minimum absolute atomic E-state index is 0. The number of aromatic carboxylic acids is 1. The first-order valence-electron chi connectivity index (χ1n) is 45.0. The largest absolute Gasteiger partial charge is 0.506 e. The lowest BCUT2D eigenvalue weighted by molar-refractivity contribution is -0.181. The molecule has 0 fully saturated rings. The van der Waals surface area contributed by atoms with Crippen molar-refractivity contribution in [3.8, 4) is 51.7 Å². The fraction of sp³-hybridized carbons (Fsp3) is 0.427. The van der Waals surface area contributed by atoms with E-state index in [-0.39, 0.29) is 161 Å². The van der Waals surface area contributed by atoms with Gasteiger partial charge in [-0.2, -0.15) is 0 Å². The molecule has 0 bridgehead atoms. The molecular weight excluding hydrogens is 1910 g/mol. The third-order valence-corrected chi connectivity index (χ3v) is 20.9. The molecule has 9 aromatic rings. The van der Waals surface area contributed by atoms with Crippen LogP contribution in [0.15, 0.2) is 67.9 Å². The molecule has 0 aromatic carbocycles. The van der Waals surface area contributed by atoms with Crippen LogP contribution in [0.3, 0.4) is 0 Å². The minimum Gasteiger partial charge on any atom is -0.506 e. The van der Waals surface area contributed by atoms with Crippen LogP contribution in [-0.4, -0.2) is 221 Å². The Hall–Kier alpha value is -15.0. The van der Waals surface area contributed by atoms with Crippen LogP contribution in [0.25, 0.3) is 12.2 Å². The smallest absolute Gasteiger partial charge is 0.339 e. The summed E-state index contributed by atoms with van der Waals surface area (Å²) in [5.41, 5.74) is 13.5. The Morgan fingerprint density at radius 2 is 0.630 bits per heavy atom. The molecule has 0 atom stereocenters. The number of aliphatic carboxylic acids is 2. The number of aliphatic hydroxyl groups is 5. The summed E-state index contributed by atoms with van der Waals surface area (Å²) < 4.78 is 53.0. The van der Waals surface area contributed by atoms with E-state index < -0.39 is 47.0 Å². The number of carbonyl (C=O) groups excluding carboxylic acids is 7. The molecule has 0 aliphatic carbocycles. The number of aromatic nitrogens is 9. The van der Waals surface area contributed by atoms with E-state index >= 15 is 0 Å². The van der Waals surface area contributed by atoms with Crippen LogP contribution >= 0.6 is 0 Å². The number of rotatable bonds is 29. The maximum absolute atomic E-state index is 11.4. The van der Waals surface area contributed by atoms with Crippen molar-refractivity contribution in [3.63, 3.8) is 0 Å². The quantitative estimate of drug-likeness (QED) is 0.00896. The van der Waals surface area contributed by atoms with Gasteiger partial charge in [-0.25, -0.2) is 14.4 Å². The summed E-state index contributed by atoms with van der Waals surface area (Å²) in [4.78, 5) is 145. The van der Waals surface area contributed by atoms with Gasteiger partial charge in [-0.15, -0.1) is 0 Å². The number of fused-ring (bicyclic) bond motifs is 3. The SMILES string of the molecule is C.C.CCOC(=O)/C=C/c1cnc(C)c(O)c1CO.CCOC(=O)/C=C/c1cnc(C)c2c1COC(C)(C)O2.CCOC(=O)CCc1cnc(C)c(O)c1C=O.CCOC(=O)CCc1cnc(C)c(O)c1CO.Cc1ncc(C=O)c2c1OC(C)(C)OC2.Cc1ncc(CCC(=O)O)c(C(=O)O)c1O.Cc1ncc(CCC(=O)O)c(C=O)c1O.Cc1ncc(CO)c(CO)c1O.Cc1ncc(CO)c2c1OC(C)(C)OC2. The Bertz CT molecular complexity index is 6020. The van der Waals surface area contributed by atoms with Crippen LogP contribution in [0.4, 0.5) is 0 Å². The molecule has 0 unspecified atom stereocenters. The van der Waals surface area contributed by atoms with E-state index in [1.165, 1.54) is 56.1 Å². The molecule has 3 aliphatic rings. The number of aromatic hydroxyl groups is 6. The zero-order valence-electron chi connectivity index (χ0n) is 83.8. The monoisotopic (exact) mass is 2040 g/mol. The van der Waals surface area contributed by atoms with Gasteiger partial charge in [0.2, 0.25) is 17.4 Å².